The Bertz CT molecular complexity index is 1190. The quantitative estimate of drug-likeness (QED) is 0.0844. The van der Waals surface area contributed by atoms with Crippen LogP contribution in [0.3, 0.4) is 0 Å². The van der Waals surface area contributed by atoms with Gasteiger partial charge in [-0.3, -0.25) is 0 Å². The van der Waals surface area contributed by atoms with E-state index in [4.69, 9.17) is 33.3 Å². The maximum atomic E-state index is 9.13. The normalized spacial score (nSPS) is 13.2. The van der Waals surface area contributed by atoms with Gasteiger partial charge in [-0.05, 0) is 68.7 Å². The Balaban J connectivity index is 2.08. The first-order chi connectivity index (χ1) is 20.8. The summed E-state index contributed by atoms with van der Waals surface area (Å²) in [6.45, 7) is 9.23. The number of methoxy groups -OCH3 is 3. The standard InChI is InChI=1S/C34H45N2O6P/c1-26(2)36(27(3)4)43(41-23-11-22-35)42-33(24-37-5)25-40-34(28-12-9-8-10-13-28,29-14-18-31(38-6)19-15-29)30-16-20-32(39-7)21-17-30/h8-10,12-21,26-27,33H,11,23-25H2,1-7H3. The molecule has 2 unspecified atom stereocenters. The number of hydrogen-bond acceptors (Lipinski definition) is 8. The van der Waals surface area contributed by atoms with Crippen LogP contribution in [0.4, 0.5) is 0 Å². The summed E-state index contributed by atoms with van der Waals surface area (Å²) in [7, 11) is 3.46. The van der Waals surface area contributed by atoms with Gasteiger partial charge in [-0.1, -0.05) is 54.6 Å². The molecule has 43 heavy (non-hydrogen) atoms. The molecular formula is C34H45N2O6P. The molecule has 232 valence electrons. The van der Waals surface area contributed by atoms with Crippen LogP contribution < -0.4 is 9.47 Å². The molecule has 0 spiro atoms. The van der Waals surface area contributed by atoms with E-state index in [1.807, 2.05) is 66.7 Å². The number of benzene rings is 3. The fourth-order valence-corrected chi connectivity index (χ4v) is 6.69. The van der Waals surface area contributed by atoms with Gasteiger partial charge in [0.05, 0.1) is 46.5 Å². The zero-order valence-electron chi connectivity index (χ0n) is 26.4. The highest BCUT2D eigenvalue weighted by molar-refractivity contribution is 7.44. The van der Waals surface area contributed by atoms with Crippen LogP contribution in [0.5, 0.6) is 11.5 Å². The molecule has 3 aromatic carbocycles. The number of nitrogens with zero attached hydrogens (tertiary/aromatic N) is 2. The van der Waals surface area contributed by atoms with Gasteiger partial charge in [-0.25, -0.2) is 4.67 Å². The van der Waals surface area contributed by atoms with Crippen molar-refractivity contribution >= 4 is 8.53 Å². The van der Waals surface area contributed by atoms with Crippen LogP contribution in [0.2, 0.25) is 0 Å². The average molecular weight is 609 g/mol. The predicted molar refractivity (Wildman–Crippen MR) is 170 cm³/mol. The van der Waals surface area contributed by atoms with E-state index in [1.54, 1.807) is 21.3 Å². The molecule has 0 N–H and O–H groups in total. The van der Waals surface area contributed by atoms with Gasteiger partial charge in [0, 0.05) is 19.2 Å². The Hall–Kier alpha value is -3.02. The lowest BCUT2D eigenvalue weighted by Crippen LogP contribution is -2.39. The third-order valence-corrected chi connectivity index (χ3v) is 9.10. The van der Waals surface area contributed by atoms with Crippen molar-refractivity contribution in [3.8, 4) is 17.6 Å². The molecule has 0 aliphatic heterocycles. The van der Waals surface area contributed by atoms with Gasteiger partial charge in [0.15, 0.2) is 0 Å². The molecule has 8 nitrogen and oxygen atoms in total. The van der Waals surface area contributed by atoms with Crippen molar-refractivity contribution in [1.29, 1.82) is 5.26 Å². The van der Waals surface area contributed by atoms with Crippen LogP contribution in [0, 0.1) is 11.3 Å². The molecule has 0 radical (unpaired) electrons. The molecule has 3 aromatic rings. The SMILES string of the molecule is COCC(COC(c1ccccc1)(c1ccc(OC)cc1)c1ccc(OC)cc1)OP(OCCC#N)N(C(C)C)C(C)C. The summed E-state index contributed by atoms with van der Waals surface area (Å²) in [6.07, 6.45) is -0.179. The maximum absolute atomic E-state index is 9.13. The summed E-state index contributed by atoms with van der Waals surface area (Å²) >= 11 is 0. The molecule has 0 amide bonds. The summed E-state index contributed by atoms with van der Waals surface area (Å²) in [6, 6.07) is 28.5. The topological polar surface area (TPSA) is 82.4 Å². The van der Waals surface area contributed by atoms with E-state index < -0.39 is 20.2 Å². The van der Waals surface area contributed by atoms with E-state index in [0.29, 0.717) is 6.61 Å². The zero-order chi connectivity index (χ0) is 31.2. The van der Waals surface area contributed by atoms with Crippen molar-refractivity contribution in [2.45, 2.75) is 57.9 Å². The van der Waals surface area contributed by atoms with Gasteiger partial charge >= 0.3 is 0 Å². The minimum Gasteiger partial charge on any atom is -0.497 e. The first-order valence-electron chi connectivity index (χ1n) is 14.5. The molecule has 0 aliphatic carbocycles. The summed E-state index contributed by atoms with van der Waals surface area (Å²) in [5.41, 5.74) is 1.83. The highest BCUT2D eigenvalue weighted by Crippen LogP contribution is 2.48. The first-order valence-corrected chi connectivity index (χ1v) is 15.7. The molecular weight excluding hydrogens is 563 g/mol. The first kappa shape index (κ1) is 34.5. The smallest absolute Gasteiger partial charge is 0.259 e. The highest BCUT2D eigenvalue weighted by Gasteiger charge is 2.39. The lowest BCUT2D eigenvalue weighted by atomic mass is 9.80. The molecule has 0 aliphatic rings. The van der Waals surface area contributed by atoms with Gasteiger partial charge in [0.2, 0.25) is 0 Å². The molecule has 2 atom stereocenters. The Kier molecular flexibility index (Phi) is 13.9. The molecule has 0 fully saturated rings. The van der Waals surface area contributed by atoms with Crippen molar-refractivity contribution in [3.63, 3.8) is 0 Å². The Morgan fingerprint density at radius 3 is 1.70 bits per heavy atom. The third-order valence-electron chi connectivity index (χ3n) is 6.91. The van der Waals surface area contributed by atoms with Crippen LogP contribution in [-0.4, -0.2) is 64.0 Å². The van der Waals surface area contributed by atoms with E-state index >= 15 is 0 Å². The van der Waals surface area contributed by atoms with Crippen LogP contribution >= 0.6 is 8.53 Å². The van der Waals surface area contributed by atoms with Gasteiger partial charge in [-0.15, -0.1) is 0 Å². The van der Waals surface area contributed by atoms with Crippen molar-refractivity contribution in [2.75, 3.05) is 41.2 Å². The number of nitriles is 1. The largest absolute Gasteiger partial charge is 0.497 e. The van der Waals surface area contributed by atoms with E-state index in [0.717, 1.165) is 28.2 Å². The fraction of sp³-hybridized carbons (Fsp3) is 0.441. The number of ether oxygens (including phenoxy) is 4. The molecule has 9 heteroatoms. The van der Waals surface area contributed by atoms with Gasteiger partial charge < -0.3 is 28.0 Å². The minimum atomic E-state index is -1.50. The fourth-order valence-electron chi connectivity index (χ4n) is 5.01. The molecule has 0 bridgehead atoms. The molecule has 0 saturated heterocycles. The van der Waals surface area contributed by atoms with Crippen molar-refractivity contribution in [2.24, 2.45) is 0 Å². The summed E-state index contributed by atoms with van der Waals surface area (Å²) in [4.78, 5) is 0. The second kappa shape index (κ2) is 17.3. The van der Waals surface area contributed by atoms with Gasteiger partial charge in [0.1, 0.15) is 23.2 Å². The monoisotopic (exact) mass is 608 g/mol. The minimum absolute atomic E-state index is 0.166. The van der Waals surface area contributed by atoms with Crippen LogP contribution in [-0.2, 0) is 24.1 Å². The van der Waals surface area contributed by atoms with Crippen molar-refractivity contribution in [1.82, 2.24) is 4.67 Å². The van der Waals surface area contributed by atoms with Crippen molar-refractivity contribution in [3.05, 3.63) is 95.6 Å². The summed E-state index contributed by atoms with van der Waals surface area (Å²) in [5.74, 6) is 1.51. The van der Waals surface area contributed by atoms with Crippen LogP contribution in [0.25, 0.3) is 0 Å². The lowest BCUT2D eigenvalue weighted by Gasteiger charge is -2.39. The molecule has 0 aromatic heterocycles. The third kappa shape index (κ3) is 9.00. The van der Waals surface area contributed by atoms with Gasteiger partial charge in [0.25, 0.3) is 8.53 Å². The Labute approximate surface area is 258 Å². The predicted octanol–water partition coefficient (Wildman–Crippen LogP) is 7.32. The van der Waals surface area contributed by atoms with E-state index in [1.165, 1.54) is 0 Å². The molecule has 3 rings (SSSR count). The summed E-state index contributed by atoms with van der Waals surface area (Å²) < 4.78 is 38.7. The maximum Gasteiger partial charge on any atom is 0.259 e. The van der Waals surface area contributed by atoms with E-state index in [9.17, 15) is 0 Å². The number of hydrogen-bond donors (Lipinski definition) is 0. The number of rotatable bonds is 18. The van der Waals surface area contributed by atoms with Gasteiger partial charge in [-0.2, -0.15) is 5.26 Å². The van der Waals surface area contributed by atoms with Crippen LogP contribution in [0.15, 0.2) is 78.9 Å². The second-order valence-electron chi connectivity index (χ2n) is 10.5. The summed E-state index contributed by atoms with van der Waals surface area (Å²) in [5, 5.41) is 9.13. The lowest BCUT2D eigenvalue weighted by molar-refractivity contribution is -0.0531. The highest BCUT2D eigenvalue weighted by atomic mass is 31.2. The zero-order valence-corrected chi connectivity index (χ0v) is 27.3. The Morgan fingerprint density at radius 2 is 1.26 bits per heavy atom. The van der Waals surface area contributed by atoms with E-state index in [-0.39, 0.29) is 31.7 Å². The van der Waals surface area contributed by atoms with Crippen LogP contribution in [0.1, 0.15) is 50.8 Å². The van der Waals surface area contributed by atoms with E-state index in [2.05, 4.69) is 50.6 Å². The average Bonchev–Trinajstić information content (AvgIpc) is 3.02. The Morgan fingerprint density at radius 1 is 0.744 bits per heavy atom. The molecule has 0 saturated carbocycles. The van der Waals surface area contributed by atoms with Crippen molar-refractivity contribution < 1.29 is 28.0 Å². The second-order valence-corrected chi connectivity index (χ2v) is 12.0. The molecule has 0 heterocycles.